The number of alkyl halides is 3. The van der Waals surface area contributed by atoms with E-state index in [1.165, 1.54) is 30.5 Å². The van der Waals surface area contributed by atoms with Crippen molar-refractivity contribution < 1.29 is 18.0 Å². The lowest BCUT2D eigenvalue weighted by molar-refractivity contribution is -0.137. The van der Waals surface area contributed by atoms with Gasteiger partial charge in [-0.1, -0.05) is 6.07 Å². The molecule has 4 N–H and O–H groups in total. The molecular weight excluding hydrogens is 285 g/mol. The average molecular weight is 296 g/mol. The maximum absolute atomic E-state index is 12.6. The first-order chi connectivity index (χ1) is 9.90. The first kappa shape index (κ1) is 14.8. The Morgan fingerprint density at radius 2 is 1.95 bits per heavy atom. The van der Waals surface area contributed by atoms with E-state index in [1.54, 1.807) is 0 Å². The molecular formula is C13H11F3N4O. The van der Waals surface area contributed by atoms with E-state index in [1.807, 2.05) is 0 Å². The van der Waals surface area contributed by atoms with E-state index in [0.717, 1.165) is 12.1 Å². The zero-order chi connectivity index (χ0) is 15.5. The molecule has 1 amide bonds. The van der Waals surface area contributed by atoms with Gasteiger partial charge in [0.25, 0.3) is 5.91 Å². The largest absolute Gasteiger partial charge is 0.416 e. The molecule has 0 unspecified atom stereocenters. The number of hydrazine groups is 1. The van der Waals surface area contributed by atoms with Crippen LogP contribution in [-0.4, -0.2) is 10.9 Å². The molecule has 0 radical (unpaired) electrons. The summed E-state index contributed by atoms with van der Waals surface area (Å²) in [7, 11) is 0. The standard InChI is InChI=1S/C13H11F3N4O/c14-13(15,16)9-2-1-3-10(6-9)19-12(21)8-4-5-11(20-17)18-7-8/h1-7H,17H2,(H,18,20)(H,19,21). The molecule has 1 aromatic heterocycles. The van der Waals surface area contributed by atoms with Gasteiger partial charge in [-0.15, -0.1) is 0 Å². The first-order valence-electron chi connectivity index (χ1n) is 5.81. The number of nitrogens with one attached hydrogen (secondary N) is 2. The molecule has 8 heteroatoms. The number of aromatic nitrogens is 1. The molecule has 0 aliphatic heterocycles. The highest BCUT2D eigenvalue weighted by atomic mass is 19.4. The molecule has 0 saturated carbocycles. The zero-order valence-corrected chi connectivity index (χ0v) is 10.6. The predicted octanol–water partition coefficient (Wildman–Crippen LogP) is 2.64. The summed E-state index contributed by atoms with van der Waals surface area (Å²) in [5.74, 6) is 4.94. The number of hydrogen-bond acceptors (Lipinski definition) is 4. The number of carbonyl (C=O) groups excluding carboxylic acids is 1. The highest BCUT2D eigenvalue weighted by Gasteiger charge is 2.30. The van der Waals surface area contributed by atoms with Crippen molar-refractivity contribution in [1.82, 2.24) is 4.98 Å². The van der Waals surface area contributed by atoms with E-state index in [0.29, 0.717) is 5.82 Å². The fourth-order valence-corrected chi connectivity index (χ4v) is 1.59. The lowest BCUT2D eigenvalue weighted by Crippen LogP contribution is -2.14. The van der Waals surface area contributed by atoms with Gasteiger partial charge in [-0.05, 0) is 30.3 Å². The SMILES string of the molecule is NNc1ccc(C(=O)Nc2cccc(C(F)(F)F)c2)cn1. The summed E-state index contributed by atoms with van der Waals surface area (Å²) in [6.45, 7) is 0. The molecule has 1 heterocycles. The van der Waals surface area contributed by atoms with Gasteiger partial charge >= 0.3 is 6.18 Å². The van der Waals surface area contributed by atoms with Crippen LogP contribution >= 0.6 is 0 Å². The lowest BCUT2D eigenvalue weighted by atomic mass is 10.2. The van der Waals surface area contributed by atoms with Crippen molar-refractivity contribution in [2.45, 2.75) is 6.18 Å². The third kappa shape index (κ3) is 3.69. The van der Waals surface area contributed by atoms with Crippen LogP contribution in [-0.2, 0) is 6.18 Å². The van der Waals surface area contributed by atoms with Gasteiger partial charge in [0, 0.05) is 11.9 Å². The van der Waals surface area contributed by atoms with Crippen molar-refractivity contribution in [1.29, 1.82) is 0 Å². The van der Waals surface area contributed by atoms with E-state index in [9.17, 15) is 18.0 Å². The highest BCUT2D eigenvalue weighted by molar-refractivity contribution is 6.04. The van der Waals surface area contributed by atoms with Crippen molar-refractivity contribution in [3.63, 3.8) is 0 Å². The van der Waals surface area contributed by atoms with Crippen molar-refractivity contribution >= 4 is 17.4 Å². The summed E-state index contributed by atoms with van der Waals surface area (Å²) in [4.78, 5) is 15.7. The van der Waals surface area contributed by atoms with Crippen LogP contribution in [0, 0.1) is 0 Å². The van der Waals surface area contributed by atoms with Crippen LogP contribution in [0.5, 0.6) is 0 Å². The van der Waals surface area contributed by atoms with Crippen LogP contribution in [0.2, 0.25) is 0 Å². The van der Waals surface area contributed by atoms with E-state index in [-0.39, 0.29) is 11.3 Å². The second-order valence-corrected chi connectivity index (χ2v) is 4.11. The number of nitrogens with zero attached hydrogens (tertiary/aromatic N) is 1. The predicted molar refractivity (Wildman–Crippen MR) is 71.4 cm³/mol. The average Bonchev–Trinajstić information content (AvgIpc) is 2.47. The van der Waals surface area contributed by atoms with Gasteiger partial charge in [-0.2, -0.15) is 13.2 Å². The number of halogens is 3. The molecule has 1 aromatic carbocycles. The molecule has 0 fully saturated rings. The number of pyridine rings is 1. The smallest absolute Gasteiger partial charge is 0.322 e. The van der Waals surface area contributed by atoms with Gasteiger partial charge < -0.3 is 10.7 Å². The van der Waals surface area contributed by atoms with Crippen molar-refractivity contribution in [2.24, 2.45) is 5.84 Å². The third-order valence-electron chi connectivity index (χ3n) is 2.62. The summed E-state index contributed by atoms with van der Waals surface area (Å²) in [6, 6.07) is 7.31. The molecule has 0 atom stereocenters. The van der Waals surface area contributed by atoms with Gasteiger partial charge in [0.05, 0.1) is 11.1 Å². The van der Waals surface area contributed by atoms with Gasteiger partial charge in [0.2, 0.25) is 0 Å². The minimum absolute atomic E-state index is 0.0517. The molecule has 0 aliphatic carbocycles. The Morgan fingerprint density at radius 3 is 2.52 bits per heavy atom. The van der Waals surface area contributed by atoms with Crippen LogP contribution in [0.25, 0.3) is 0 Å². The Balaban J connectivity index is 2.15. The quantitative estimate of drug-likeness (QED) is 0.601. The molecule has 5 nitrogen and oxygen atoms in total. The number of rotatable bonds is 3. The molecule has 0 saturated heterocycles. The Morgan fingerprint density at radius 1 is 1.19 bits per heavy atom. The molecule has 2 rings (SSSR count). The highest BCUT2D eigenvalue weighted by Crippen LogP contribution is 2.30. The zero-order valence-electron chi connectivity index (χ0n) is 10.6. The van der Waals surface area contributed by atoms with Crippen molar-refractivity contribution in [3.05, 3.63) is 53.7 Å². The van der Waals surface area contributed by atoms with Crippen LogP contribution in [0.3, 0.4) is 0 Å². The number of hydrogen-bond donors (Lipinski definition) is 3. The number of benzene rings is 1. The summed E-state index contributed by atoms with van der Waals surface area (Å²) >= 11 is 0. The van der Waals surface area contributed by atoms with E-state index < -0.39 is 17.6 Å². The van der Waals surface area contributed by atoms with Crippen LogP contribution < -0.4 is 16.6 Å². The summed E-state index contributed by atoms with van der Waals surface area (Å²) in [5, 5.41) is 2.38. The summed E-state index contributed by atoms with van der Waals surface area (Å²) in [6.07, 6.45) is -3.20. The maximum Gasteiger partial charge on any atom is 0.416 e. The van der Waals surface area contributed by atoms with Crippen LogP contribution in [0.1, 0.15) is 15.9 Å². The van der Waals surface area contributed by atoms with E-state index in [2.05, 4.69) is 15.7 Å². The number of amides is 1. The van der Waals surface area contributed by atoms with Gasteiger partial charge in [0.1, 0.15) is 5.82 Å². The first-order valence-corrected chi connectivity index (χ1v) is 5.81. The second kappa shape index (κ2) is 5.80. The maximum atomic E-state index is 12.6. The van der Waals surface area contributed by atoms with Crippen molar-refractivity contribution in [2.75, 3.05) is 10.7 Å². The fourth-order valence-electron chi connectivity index (χ4n) is 1.59. The number of carbonyl (C=O) groups is 1. The topological polar surface area (TPSA) is 80.0 Å². The second-order valence-electron chi connectivity index (χ2n) is 4.11. The minimum atomic E-state index is -4.46. The normalized spacial score (nSPS) is 11.0. The van der Waals surface area contributed by atoms with Crippen molar-refractivity contribution in [3.8, 4) is 0 Å². The molecule has 0 bridgehead atoms. The fraction of sp³-hybridized carbons (Fsp3) is 0.0769. The van der Waals surface area contributed by atoms with E-state index >= 15 is 0 Å². The summed E-state index contributed by atoms with van der Waals surface area (Å²) < 4.78 is 37.7. The minimum Gasteiger partial charge on any atom is -0.322 e. The van der Waals surface area contributed by atoms with Crippen LogP contribution in [0.4, 0.5) is 24.7 Å². The third-order valence-corrected chi connectivity index (χ3v) is 2.62. The monoisotopic (exact) mass is 296 g/mol. The molecule has 21 heavy (non-hydrogen) atoms. The number of anilines is 2. The van der Waals surface area contributed by atoms with Gasteiger partial charge in [-0.25, -0.2) is 10.8 Å². The number of nitrogens with two attached hydrogens (primary N) is 1. The Bertz CT molecular complexity index is 641. The molecule has 0 spiro atoms. The molecule has 110 valence electrons. The molecule has 2 aromatic rings. The Kier molecular flexibility index (Phi) is 4.08. The summed E-state index contributed by atoms with van der Waals surface area (Å²) in [5.41, 5.74) is 1.72. The van der Waals surface area contributed by atoms with E-state index in [4.69, 9.17) is 5.84 Å². The Hall–Kier alpha value is -2.61. The van der Waals surface area contributed by atoms with Gasteiger partial charge in [0.15, 0.2) is 0 Å². The van der Waals surface area contributed by atoms with Gasteiger partial charge in [-0.3, -0.25) is 4.79 Å². The molecule has 0 aliphatic rings. The Labute approximate surface area is 118 Å². The van der Waals surface area contributed by atoms with Crippen LogP contribution in [0.15, 0.2) is 42.6 Å². The lowest BCUT2D eigenvalue weighted by Gasteiger charge is -2.10. The number of nitrogen functional groups attached to an aromatic ring is 1.